The summed E-state index contributed by atoms with van der Waals surface area (Å²) in [7, 11) is 2.02. The van der Waals surface area contributed by atoms with Crippen LogP contribution in [0.25, 0.3) is 6.08 Å². The molecule has 0 N–H and O–H groups in total. The van der Waals surface area contributed by atoms with Gasteiger partial charge >= 0.3 is 0 Å². The van der Waals surface area contributed by atoms with Gasteiger partial charge in [0.2, 0.25) is 5.72 Å². The summed E-state index contributed by atoms with van der Waals surface area (Å²) in [6, 6.07) is 9.43. The number of hydrogen-bond acceptors (Lipinski definition) is 4. The molecule has 2 heterocycles. The van der Waals surface area contributed by atoms with Crippen LogP contribution in [0, 0.1) is 13.7 Å². The van der Waals surface area contributed by atoms with Gasteiger partial charge in [0, 0.05) is 34.0 Å². The van der Waals surface area contributed by atoms with Crippen molar-refractivity contribution in [1.29, 1.82) is 0 Å². The molecule has 1 unspecified atom stereocenters. The lowest BCUT2D eigenvalue weighted by Gasteiger charge is -2.46. The normalized spacial score (nSPS) is 22.1. The third kappa shape index (κ3) is 2.26. The van der Waals surface area contributed by atoms with Crippen LogP contribution in [0.15, 0.2) is 40.9 Å². The molecule has 0 radical (unpaired) electrons. The largest absolute Gasteiger partial charge is 0.462 e. The summed E-state index contributed by atoms with van der Waals surface area (Å²) in [5, 5.41) is 11.1. The van der Waals surface area contributed by atoms with Crippen molar-refractivity contribution in [1.82, 2.24) is 0 Å². The topological polar surface area (TPSA) is 55.6 Å². The molecule has 2 aliphatic heterocycles. The molecule has 2 aliphatic rings. The number of ether oxygens (including phenoxy) is 1. The van der Waals surface area contributed by atoms with E-state index < -0.39 is 10.6 Å². The average molecular weight is 527 g/mol. The highest BCUT2D eigenvalue weighted by Crippen LogP contribution is 2.55. The van der Waals surface area contributed by atoms with Gasteiger partial charge in [-0.3, -0.25) is 10.1 Å². The van der Waals surface area contributed by atoms with Gasteiger partial charge in [-0.05, 0) is 88.3 Å². The molecule has 0 bridgehead atoms. The van der Waals surface area contributed by atoms with Crippen LogP contribution >= 0.6 is 38.5 Å². The average Bonchev–Trinajstić information content (AvgIpc) is 2.74. The monoisotopic (exact) mass is 526 g/mol. The maximum Gasteiger partial charge on any atom is 0.271 e. The fourth-order valence-electron chi connectivity index (χ4n) is 3.94. The summed E-state index contributed by atoms with van der Waals surface area (Å²) in [4.78, 5) is 12.9. The number of likely N-dealkylation sites (N-methyl/N-ethyl adjacent to an activating group) is 1. The van der Waals surface area contributed by atoms with Crippen molar-refractivity contribution in [2.45, 2.75) is 25.0 Å². The molecule has 26 heavy (non-hydrogen) atoms. The van der Waals surface area contributed by atoms with Gasteiger partial charge in [0.15, 0.2) is 0 Å². The molecule has 0 aromatic heterocycles. The molecule has 0 amide bonds. The number of nitro groups is 1. The Balaban J connectivity index is 1.88. The van der Waals surface area contributed by atoms with E-state index in [-0.39, 0.29) is 11.1 Å². The quantitative estimate of drug-likeness (QED) is 0.280. The smallest absolute Gasteiger partial charge is 0.271 e. The Hall–Kier alpha value is -1.61. The Morgan fingerprint density at radius 2 is 2.00 bits per heavy atom. The number of fused-ring (bicyclic) bond motifs is 2. The van der Waals surface area contributed by atoms with E-state index in [9.17, 15) is 10.1 Å². The van der Waals surface area contributed by atoms with Gasteiger partial charge in [-0.2, -0.15) is 0 Å². The van der Waals surface area contributed by atoms with Gasteiger partial charge < -0.3 is 9.64 Å². The first-order chi connectivity index (χ1) is 12.2. The second kappa shape index (κ2) is 5.69. The molecule has 4 rings (SSSR count). The zero-order chi connectivity index (χ0) is 18.9. The predicted molar refractivity (Wildman–Crippen MR) is 114 cm³/mol. The van der Waals surface area contributed by atoms with E-state index in [0.29, 0.717) is 15.8 Å². The van der Waals surface area contributed by atoms with Crippen molar-refractivity contribution in [3.8, 4) is 5.75 Å². The van der Waals surface area contributed by atoms with Gasteiger partial charge in [0.1, 0.15) is 5.75 Å². The first kappa shape index (κ1) is 17.8. The second-order valence-electron chi connectivity index (χ2n) is 7.08. The second-order valence-corrected chi connectivity index (χ2v) is 9.18. The van der Waals surface area contributed by atoms with Gasteiger partial charge in [0.05, 0.1) is 14.8 Å². The van der Waals surface area contributed by atoms with Gasteiger partial charge in [-0.25, -0.2) is 0 Å². The third-order valence-electron chi connectivity index (χ3n) is 5.40. The first-order valence-electron chi connectivity index (χ1n) is 8.07. The molecule has 7 heteroatoms. The SMILES string of the molecule is CN1c2ccc(I)cc2C(C)(C)C12C=Cc1cc([N+](=O)[O-])cc(Br)c1O2. The summed E-state index contributed by atoms with van der Waals surface area (Å²) in [6.07, 6.45) is 3.93. The molecule has 0 saturated heterocycles. The number of rotatable bonds is 1. The zero-order valence-electron chi connectivity index (χ0n) is 14.4. The number of benzene rings is 2. The van der Waals surface area contributed by atoms with Gasteiger partial charge in [-0.15, -0.1) is 0 Å². The van der Waals surface area contributed by atoms with Crippen LogP contribution in [0.3, 0.4) is 0 Å². The Morgan fingerprint density at radius 1 is 1.27 bits per heavy atom. The first-order valence-corrected chi connectivity index (χ1v) is 9.94. The third-order valence-corrected chi connectivity index (χ3v) is 6.66. The molecular weight excluding hydrogens is 511 g/mol. The van der Waals surface area contributed by atoms with Crippen LogP contribution < -0.4 is 9.64 Å². The number of halogens is 2. The lowest BCUT2D eigenvalue weighted by molar-refractivity contribution is -0.385. The van der Waals surface area contributed by atoms with E-state index in [4.69, 9.17) is 4.74 Å². The molecule has 5 nitrogen and oxygen atoms in total. The summed E-state index contributed by atoms with van der Waals surface area (Å²) >= 11 is 5.78. The Labute approximate surface area is 173 Å². The van der Waals surface area contributed by atoms with E-state index in [1.807, 2.05) is 19.2 Å². The maximum absolute atomic E-state index is 11.1. The summed E-state index contributed by atoms with van der Waals surface area (Å²) in [5.74, 6) is 0.625. The van der Waals surface area contributed by atoms with E-state index in [2.05, 4.69) is 75.5 Å². The van der Waals surface area contributed by atoms with Crippen LogP contribution in [0.5, 0.6) is 5.75 Å². The van der Waals surface area contributed by atoms with Crippen molar-refractivity contribution in [2.24, 2.45) is 0 Å². The fraction of sp³-hybridized carbons (Fsp3) is 0.263. The minimum absolute atomic E-state index is 0.0386. The Morgan fingerprint density at radius 3 is 2.69 bits per heavy atom. The van der Waals surface area contributed by atoms with Gasteiger partial charge in [0.25, 0.3) is 5.69 Å². The molecule has 1 spiro atoms. The van der Waals surface area contributed by atoms with Crippen LogP contribution in [-0.2, 0) is 5.41 Å². The minimum atomic E-state index is -0.703. The predicted octanol–water partition coefficient (Wildman–Crippen LogP) is 5.49. The highest BCUT2D eigenvalue weighted by molar-refractivity contribution is 14.1. The van der Waals surface area contributed by atoms with E-state index >= 15 is 0 Å². The van der Waals surface area contributed by atoms with Crippen molar-refractivity contribution in [3.05, 3.63) is 65.7 Å². The number of nitrogens with zero attached hydrogens (tertiary/aromatic N) is 2. The molecule has 0 aliphatic carbocycles. The highest BCUT2D eigenvalue weighted by Gasteiger charge is 2.57. The number of nitro benzene ring substituents is 1. The standard InChI is InChI=1S/C19H16BrIN2O3/c1-18(2)14-9-12(21)4-5-16(14)22(3)19(18)7-6-11-8-13(23(24)25)10-15(20)17(11)26-19/h4-10H,1-3H3. The van der Waals surface area contributed by atoms with E-state index in [1.54, 1.807) is 6.07 Å². The summed E-state index contributed by atoms with van der Waals surface area (Å²) in [6.45, 7) is 4.33. The number of hydrogen-bond donors (Lipinski definition) is 0. The highest BCUT2D eigenvalue weighted by atomic mass is 127. The van der Waals surface area contributed by atoms with E-state index in [0.717, 1.165) is 5.69 Å². The molecule has 0 fully saturated rings. The summed E-state index contributed by atoms with van der Waals surface area (Å²) < 4.78 is 8.32. The molecular formula is C19H16BrIN2O3. The van der Waals surface area contributed by atoms with Crippen LogP contribution in [0.1, 0.15) is 25.0 Å². The molecule has 1 atom stereocenters. The van der Waals surface area contributed by atoms with Crippen molar-refractivity contribution >= 4 is 56.0 Å². The van der Waals surface area contributed by atoms with Crippen molar-refractivity contribution < 1.29 is 9.66 Å². The Kier molecular flexibility index (Phi) is 3.89. The number of non-ortho nitro benzene ring substituents is 1. The lowest BCUT2D eigenvalue weighted by Crippen LogP contribution is -2.58. The van der Waals surface area contributed by atoms with Crippen LogP contribution in [0.4, 0.5) is 11.4 Å². The maximum atomic E-state index is 11.1. The summed E-state index contributed by atoms with van der Waals surface area (Å²) in [5.41, 5.74) is 2.07. The van der Waals surface area contributed by atoms with Crippen LogP contribution in [-0.4, -0.2) is 17.7 Å². The minimum Gasteiger partial charge on any atom is -0.462 e. The molecule has 134 valence electrons. The van der Waals surface area contributed by atoms with E-state index in [1.165, 1.54) is 15.2 Å². The molecule has 0 saturated carbocycles. The van der Waals surface area contributed by atoms with Crippen LogP contribution in [0.2, 0.25) is 0 Å². The van der Waals surface area contributed by atoms with Gasteiger partial charge in [-0.1, -0.05) is 0 Å². The fourth-order valence-corrected chi connectivity index (χ4v) is 4.97. The van der Waals surface area contributed by atoms with Crippen molar-refractivity contribution in [3.63, 3.8) is 0 Å². The molecule has 2 aromatic carbocycles. The molecule has 2 aromatic rings. The number of anilines is 1. The Bertz CT molecular complexity index is 989. The van der Waals surface area contributed by atoms with Crippen molar-refractivity contribution in [2.75, 3.05) is 11.9 Å². The zero-order valence-corrected chi connectivity index (χ0v) is 18.2. The lowest BCUT2D eigenvalue weighted by atomic mass is 9.76.